The highest BCUT2D eigenvalue weighted by atomic mass is 31.2. The van der Waals surface area contributed by atoms with Crippen molar-refractivity contribution in [3.8, 4) is 0 Å². The molecule has 0 amide bonds. The minimum atomic E-state index is -3.67. The highest BCUT2D eigenvalue weighted by Gasteiger charge is 2.29. The molecule has 0 spiro atoms. The van der Waals surface area contributed by atoms with E-state index in [1.807, 2.05) is 13.0 Å². The van der Waals surface area contributed by atoms with E-state index in [4.69, 9.17) is 4.52 Å². The second kappa shape index (κ2) is 6.01. The second-order valence-electron chi connectivity index (χ2n) is 5.06. The highest BCUT2D eigenvalue weighted by Crippen LogP contribution is 2.44. The van der Waals surface area contributed by atoms with Gasteiger partial charge in [-0.05, 0) is 37.8 Å². The smallest absolute Gasteiger partial charge is 0.321 e. The number of benzene rings is 1. The Balaban J connectivity index is 2.01. The molecule has 18 heavy (non-hydrogen) atoms. The Bertz CT molecular complexity index is 412. The van der Waals surface area contributed by atoms with Gasteiger partial charge in [-0.2, -0.15) is 0 Å². The topological polar surface area (TPSA) is 46.5 Å². The monoisotopic (exact) mass is 268 g/mol. The zero-order valence-electron chi connectivity index (χ0n) is 10.8. The molecule has 0 saturated heterocycles. The summed E-state index contributed by atoms with van der Waals surface area (Å²) >= 11 is 0. The SMILES string of the molecule is CC(OP(=O)(O)c1ccccc1)C1CCCCC1. The lowest BCUT2D eigenvalue weighted by Gasteiger charge is -2.29. The molecule has 100 valence electrons. The van der Waals surface area contributed by atoms with E-state index in [-0.39, 0.29) is 6.10 Å². The van der Waals surface area contributed by atoms with Crippen molar-refractivity contribution >= 4 is 12.9 Å². The molecule has 0 aliphatic heterocycles. The van der Waals surface area contributed by atoms with E-state index in [1.54, 1.807) is 24.3 Å². The largest absolute Gasteiger partial charge is 0.359 e. The van der Waals surface area contributed by atoms with Gasteiger partial charge in [-0.15, -0.1) is 0 Å². The normalized spacial score (nSPS) is 22.3. The van der Waals surface area contributed by atoms with E-state index < -0.39 is 7.60 Å². The van der Waals surface area contributed by atoms with Crippen LogP contribution in [0.5, 0.6) is 0 Å². The van der Waals surface area contributed by atoms with Crippen molar-refractivity contribution in [2.24, 2.45) is 5.92 Å². The van der Waals surface area contributed by atoms with E-state index in [1.165, 1.54) is 19.3 Å². The Morgan fingerprint density at radius 1 is 1.22 bits per heavy atom. The van der Waals surface area contributed by atoms with Gasteiger partial charge in [0.05, 0.1) is 11.4 Å². The average Bonchev–Trinajstić information content (AvgIpc) is 2.40. The van der Waals surface area contributed by atoms with Crippen molar-refractivity contribution in [2.75, 3.05) is 0 Å². The summed E-state index contributed by atoms with van der Waals surface area (Å²) in [5.74, 6) is 0.419. The zero-order chi connectivity index (χ0) is 13.0. The van der Waals surface area contributed by atoms with Crippen LogP contribution in [0.3, 0.4) is 0 Å². The highest BCUT2D eigenvalue weighted by molar-refractivity contribution is 7.61. The molecule has 1 fully saturated rings. The molecule has 2 rings (SSSR count). The van der Waals surface area contributed by atoms with Crippen molar-refractivity contribution in [3.05, 3.63) is 30.3 Å². The molecule has 2 unspecified atom stereocenters. The molecular formula is C14H21O3P. The molecule has 4 heteroatoms. The van der Waals surface area contributed by atoms with Crippen molar-refractivity contribution in [1.82, 2.24) is 0 Å². The van der Waals surface area contributed by atoms with Gasteiger partial charge in [-0.25, -0.2) is 0 Å². The number of hydrogen-bond acceptors (Lipinski definition) is 2. The molecule has 1 N–H and O–H groups in total. The third-order valence-corrected chi connectivity index (χ3v) is 5.27. The van der Waals surface area contributed by atoms with Gasteiger partial charge in [-0.1, -0.05) is 37.5 Å². The second-order valence-corrected chi connectivity index (χ2v) is 6.83. The van der Waals surface area contributed by atoms with Gasteiger partial charge in [0.25, 0.3) is 0 Å². The van der Waals surface area contributed by atoms with Gasteiger partial charge >= 0.3 is 7.60 Å². The fourth-order valence-corrected chi connectivity index (χ4v) is 3.89. The number of rotatable bonds is 4. The van der Waals surface area contributed by atoms with Crippen LogP contribution in [-0.2, 0) is 9.09 Å². The summed E-state index contributed by atoms with van der Waals surface area (Å²) in [5.41, 5.74) is 0. The predicted molar refractivity (Wildman–Crippen MR) is 73.0 cm³/mol. The summed E-state index contributed by atoms with van der Waals surface area (Å²) in [4.78, 5) is 10.0. The quantitative estimate of drug-likeness (QED) is 0.850. The molecule has 1 aliphatic rings. The van der Waals surface area contributed by atoms with Gasteiger partial charge in [0.1, 0.15) is 0 Å². The van der Waals surface area contributed by atoms with Crippen LogP contribution in [0.25, 0.3) is 0 Å². The minimum Gasteiger partial charge on any atom is -0.321 e. The standard InChI is InChI=1S/C14H21O3P/c1-12(13-8-4-2-5-9-13)17-18(15,16)14-10-6-3-7-11-14/h3,6-7,10-13H,2,4-5,8-9H2,1H3,(H,15,16). The first-order chi connectivity index (χ1) is 8.59. The Kier molecular flexibility index (Phi) is 4.60. The summed E-state index contributed by atoms with van der Waals surface area (Å²) in [5, 5.41) is 0.382. The van der Waals surface area contributed by atoms with Gasteiger partial charge in [-0.3, -0.25) is 4.57 Å². The lowest BCUT2D eigenvalue weighted by Crippen LogP contribution is -2.24. The maximum Gasteiger partial charge on any atom is 0.359 e. The average molecular weight is 268 g/mol. The molecule has 0 radical (unpaired) electrons. The maximum absolute atomic E-state index is 12.2. The fraction of sp³-hybridized carbons (Fsp3) is 0.571. The Morgan fingerprint density at radius 2 is 1.83 bits per heavy atom. The summed E-state index contributed by atoms with van der Waals surface area (Å²) in [6, 6.07) is 8.64. The van der Waals surface area contributed by atoms with Crippen molar-refractivity contribution in [3.63, 3.8) is 0 Å². The fourth-order valence-electron chi connectivity index (χ4n) is 2.59. The molecule has 1 saturated carbocycles. The lowest BCUT2D eigenvalue weighted by atomic mass is 9.86. The predicted octanol–water partition coefficient (Wildman–Crippen LogP) is 3.48. The molecule has 0 heterocycles. The van der Waals surface area contributed by atoms with Crippen molar-refractivity contribution in [1.29, 1.82) is 0 Å². The van der Waals surface area contributed by atoms with Crippen LogP contribution in [0.1, 0.15) is 39.0 Å². The van der Waals surface area contributed by atoms with E-state index >= 15 is 0 Å². The maximum atomic E-state index is 12.2. The van der Waals surface area contributed by atoms with Crippen molar-refractivity contribution < 1.29 is 14.0 Å². The molecule has 3 nitrogen and oxygen atoms in total. The first-order valence-corrected chi connectivity index (χ1v) is 8.24. The van der Waals surface area contributed by atoms with Gasteiger partial charge in [0.15, 0.2) is 0 Å². The van der Waals surface area contributed by atoms with E-state index in [0.717, 1.165) is 12.8 Å². The first-order valence-electron chi connectivity index (χ1n) is 6.66. The summed E-state index contributed by atoms with van der Waals surface area (Å²) < 4.78 is 17.7. The molecule has 1 aromatic carbocycles. The van der Waals surface area contributed by atoms with Crippen LogP contribution in [0.2, 0.25) is 0 Å². The van der Waals surface area contributed by atoms with E-state index in [9.17, 15) is 9.46 Å². The van der Waals surface area contributed by atoms with Crippen LogP contribution in [0.4, 0.5) is 0 Å². The van der Waals surface area contributed by atoms with Crippen LogP contribution < -0.4 is 5.30 Å². The van der Waals surface area contributed by atoms with Crippen molar-refractivity contribution in [2.45, 2.75) is 45.1 Å². The van der Waals surface area contributed by atoms with E-state index in [2.05, 4.69) is 0 Å². The molecule has 2 atom stereocenters. The first kappa shape index (κ1) is 13.8. The Labute approximate surface area is 109 Å². The third kappa shape index (κ3) is 3.44. The molecule has 1 aliphatic carbocycles. The third-order valence-electron chi connectivity index (χ3n) is 3.71. The molecule has 1 aromatic rings. The van der Waals surface area contributed by atoms with E-state index in [0.29, 0.717) is 11.2 Å². The van der Waals surface area contributed by atoms with Crippen LogP contribution in [0, 0.1) is 5.92 Å². The van der Waals surface area contributed by atoms with Crippen LogP contribution >= 0.6 is 7.60 Å². The molecule has 0 aromatic heterocycles. The minimum absolute atomic E-state index is 0.152. The van der Waals surface area contributed by atoms with Gasteiger partial charge in [0.2, 0.25) is 0 Å². The van der Waals surface area contributed by atoms with Crippen LogP contribution in [-0.4, -0.2) is 11.0 Å². The van der Waals surface area contributed by atoms with Gasteiger partial charge in [0, 0.05) is 0 Å². The Morgan fingerprint density at radius 3 is 2.44 bits per heavy atom. The summed E-state index contributed by atoms with van der Waals surface area (Å²) in [6.45, 7) is 1.92. The zero-order valence-corrected chi connectivity index (χ0v) is 11.7. The van der Waals surface area contributed by atoms with Gasteiger partial charge < -0.3 is 9.42 Å². The number of hydrogen-bond donors (Lipinski definition) is 1. The lowest BCUT2D eigenvalue weighted by molar-refractivity contribution is 0.112. The van der Waals surface area contributed by atoms with Crippen LogP contribution in [0.15, 0.2) is 30.3 Å². The summed E-state index contributed by atoms with van der Waals surface area (Å²) in [7, 11) is -3.67. The summed E-state index contributed by atoms with van der Waals surface area (Å²) in [6.07, 6.45) is 5.75. The molecular weight excluding hydrogens is 247 g/mol. The Hall–Kier alpha value is -0.630. The molecule has 0 bridgehead atoms.